The van der Waals surface area contributed by atoms with E-state index in [-0.39, 0.29) is 12.1 Å². The molecule has 39 heavy (non-hydrogen) atoms. The largest absolute Gasteiger partial charge is 0.491 e. The Morgan fingerprint density at radius 3 is 2.36 bits per heavy atom. The van der Waals surface area contributed by atoms with E-state index in [1.165, 1.54) is 12.1 Å². The number of carbonyl (C=O) groups is 3. The van der Waals surface area contributed by atoms with Gasteiger partial charge in [-0.3, -0.25) is 9.59 Å². The molecule has 0 aliphatic carbocycles. The van der Waals surface area contributed by atoms with Crippen molar-refractivity contribution in [2.24, 2.45) is 0 Å². The summed E-state index contributed by atoms with van der Waals surface area (Å²) in [6.07, 6.45) is 0.0678. The van der Waals surface area contributed by atoms with Gasteiger partial charge in [-0.05, 0) is 47.9 Å². The molecular formula is C30H34FN3O5. The highest BCUT2D eigenvalue weighted by Crippen LogP contribution is 2.27. The Morgan fingerprint density at radius 2 is 1.72 bits per heavy atom. The molecule has 3 aromatic carbocycles. The summed E-state index contributed by atoms with van der Waals surface area (Å²) in [5.74, 6) is -1.25. The molecule has 0 radical (unpaired) electrons. The number of urea groups is 1. The molecule has 0 spiro atoms. The number of nitrogens with one attached hydrogen (secondary N) is 2. The van der Waals surface area contributed by atoms with Gasteiger partial charge in [0, 0.05) is 13.5 Å². The van der Waals surface area contributed by atoms with Crippen LogP contribution in [0.3, 0.4) is 0 Å². The summed E-state index contributed by atoms with van der Waals surface area (Å²) >= 11 is 0. The van der Waals surface area contributed by atoms with Gasteiger partial charge in [0.05, 0.1) is 12.3 Å². The van der Waals surface area contributed by atoms with Gasteiger partial charge in [0.25, 0.3) is 5.91 Å². The molecule has 9 heteroatoms. The van der Waals surface area contributed by atoms with E-state index in [4.69, 9.17) is 9.47 Å². The van der Waals surface area contributed by atoms with E-state index in [2.05, 4.69) is 10.6 Å². The maximum Gasteiger partial charge on any atom is 0.325 e. The second-order valence-corrected chi connectivity index (χ2v) is 8.68. The molecule has 4 amide bonds. The third kappa shape index (κ3) is 7.42. The third-order valence-electron chi connectivity index (χ3n) is 6.01. The van der Waals surface area contributed by atoms with E-state index in [1.807, 2.05) is 19.9 Å². The number of hydrogen-bond donors (Lipinski definition) is 2. The van der Waals surface area contributed by atoms with Crippen molar-refractivity contribution in [3.05, 3.63) is 95.3 Å². The fourth-order valence-corrected chi connectivity index (χ4v) is 4.09. The van der Waals surface area contributed by atoms with Crippen LogP contribution in [0.15, 0.2) is 72.8 Å². The van der Waals surface area contributed by atoms with Crippen LogP contribution >= 0.6 is 0 Å². The standard InChI is InChI=1S/C28H28FN3O5.C2H6/c1-18-8-13-23(22(29)16-18)30-26(33)24(17-19-6-4-3-5-7-19)32-27(34)25(31-28(32)35)20-9-11-21(12-10-20)37-15-14-36-2;1-2/h3-13,16,24-25H,14-15,17H2,1-2H3,(H,30,33)(H,31,35);1-2H3/t24?,25-;/m1./s1. The van der Waals surface area contributed by atoms with Crippen molar-refractivity contribution in [2.45, 2.75) is 39.3 Å². The van der Waals surface area contributed by atoms with Crippen LogP contribution in [-0.4, -0.2) is 49.1 Å². The number of imide groups is 1. The summed E-state index contributed by atoms with van der Waals surface area (Å²) in [7, 11) is 1.58. The fourth-order valence-electron chi connectivity index (χ4n) is 4.09. The van der Waals surface area contributed by atoms with Crippen molar-refractivity contribution < 1.29 is 28.2 Å². The molecule has 0 bridgehead atoms. The number of halogens is 1. The summed E-state index contributed by atoms with van der Waals surface area (Å²) in [6.45, 7) is 6.55. The third-order valence-corrected chi connectivity index (χ3v) is 6.01. The average molecular weight is 536 g/mol. The molecule has 8 nitrogen and oxygen atoms in total. The first-order valence-corrected chi connectivity index (χ1v) is 12.8. The van der Waals surface area contributed by atoms with Gasteiger partial charge in [-0.25, -0.2) is 14.1 Å². The van der Waals surface area contributed by atoms with Crippen molar-refractivity contribution in [1.82, 2.24) is 10.2 Å². The smallest absolute Gasteiger partial charge is 0.325 e. The minimum atomic E-state index is -1.20. The van der Waals surface area contributed by atoms with E-state index >= 15 is 0 Å². The Morgan fingerprint density at radius 1 is 1.03 bits per heavy atom. The minimum absolute atomic E-state index is 0.0265. The lowest BCUT2D eigenvalue weighted by Gasteiger charge is -2.25. The van der Waals surface area contributed by atoms with Crippen LogP contribution in [0.5, 0.6) is 5.75 Å². The molecule has 3 aromatic rings. The Bertz CT molecular complexity index is 1270. The molecule has 4 rings (SSSR count). The number of carbonyl (C=O) groups excluding carboxylic acids is 3. The van der Waals surface area contributed by atoms with Gasteiger partial charge in [-0.1, -0.05) is 62.4 Å². The van der Waals surface area contributed by atoms with Gasteiger partial charge >= 0.3 is 6.03 Å². The van der Waals surface area contributed by atoms with E-state index in [1.54, 1.807) is 68.6 Å². The molecule has 1 aliphatic heterocycles. The molecule has 1 heterocycles. The first-order chi connectivity index (χ1) is 18.9. The van der Waals surface area contributed by atoms with E-state index in [0.717, 1.165) is 10.5 Å². The highest BCUT2D eigenvalue weighted by molar-refractivity contribution is 6.09. The summed E-state index contributed by atoms with van der Waals surface area (Å²) < 4.78 is 25.0. The normalized spacial score (nSPS) is 15.2. The van der Waals surface area contributed by atoms with Gasteiger partial charge in [0.15, 0.2) is 0 Å². The monoisotopic (exact) mass is 535 g/mol. The second-order valence-electron chi connectivity index (χ2n) is 8.68. The highest BCUT2D eigenvalue weighted by Gasteiger charge is 2.45. The lowest BCUT2D eigenvalue weighted by Crippen LogP contribution is -2.49. The molecule has 2 atom stereocenters. The molecule has 1 saturated heterocycles. The predicted octanol–water partition coefficient (Wildman–Crippen LogP) is 5.03. The lowest BCUT2D eigenvalue weighted by atomic mass is 10.0. The number of ether oxygens (including phenoxy) is 2. The summed E-state index contributed by atoms with van der Waals surface area (Å²) in [5.41, 5.74) is 1.96. The van der Waals surface area contributed by atoms with Crippen LogP contribution in [0.25, 0.3) is 0 Å². The summed E-state index contributed by atoms with van der Waals surface area (Å²) in [6, 6.07) is 17.3. The summed E-state index contributed by atoms with van der Waals surface area (Å²) in [5, 5.41) is 5.22. The van der Waals surface area contributed by atoms with E-state index < -0.39 is 35.7 Å². The van der Waals surface area contributed by atoms with Crippen molar-refractivity contribution in [2.75, 3.05) is 25.6 Å². The van der Waals surface area contributed by atoms with Crippen molar-refractivity contribution in [3.63, 3.8) is 0 Å². The van der Waals surface area contributed by atoms with Gasteiger partial charge in [0.2, 0.25) is 5.91 Å². The Hall–Kier alpha value is -4.24. The molecule has 0 aromatic heterocycles. The van der Waals surface area contributed by atoms with Crippen molar-refractivity contribution in [3.8, 4) is 5.75 Å². The van der Waals surface area contributed by atoms with Gasteiger partial charge < -0.3 is 20.1 Å². The first-order valence-electron chi connectivity index (χ1n) is 12.8. The first kappa shape index (κ1) is 29.3. The number of benzene rings is 3. The predicted molar refractivity (Wildman–Crippen MR) is 147 cm³/mol. The topological polar surface area (TPSA) is 97.0 Å². The Labute approximate surface area is 228 Å². The lowest BCUT2D eigenvalue weighted by molar-refractivity contribution is -0.134. The van der Waals surface area contributed by atoms with Gasteiger partial charge in [0.1, 0.15) is 30.3 Å². The average Bonchev–Trinajstić information content (AvgIpc) is 3.24. The van der Waals surface area contributed by atoms with Crippen LogP contribution in [-0.2, 0) is 20.7 Å². The second kappa shape index (κ2) is 14.1. The number of amides is 4. The van der Waals surface area contributed by atoms with Crippen LogP contribution in [0.4, 0.5) is 14.9 Å². The number of nitrogens with zero attached hydrogens (tertiary/aromatic N) is 1. The van der Waals surface area contributed by atoms with Crippen LogP contribution in [0.2, 0.25) is 0 Å². The molecule has 206 valence electrons. The Kier molecular flexibility index (Phi) is 10.6. The maximum absolute atomic E-state index is 14.5. The quantitative estimate of drug-likeness (QED) is 0.280. The Balaban J connectivity index is 0.00000205. The molecule has 1 unspecified atom stereocenters. The number of anilines is 1. The van der Waals surface area contributed by atoms with E-state index in [0.29, 0.717) is 30.1 Å². The van der Waals surface area contributed by atoms with Gasteiger partial charge in [-0.2, -0.15) is 0 Å². The summed E-state index contributed by atoms with van der Waals surface area (Å²) in [4.78, 5) is 40.7. The fraction of sp³-hybridized carbons (Fsp3) is 0.300. The SMILES string of the molecule is CC.COCCOc1ccc([C@H]2NC(=O)N(C(Cc3ccccc3)C(=O)Nc3ccc(C)cc3F)C2=O)cc1. The zero-order valence-electron chi connectivity index (χ0n) is 22.6. The maximum atomic E-state index is 14.5. The molecule has 1 aliphatic rings. The number of hydrogen-bond acceptors (Lipinski definition) is 5. The zero-order chi connectivity index (χ0) is 28.4. The van der Waals surface area contributed by atoms with Gasteiger partial charge in [-0.15, -0.1) is 0 Å². The molecular weight excluding hydrogens is 501 g/mol. The van der Waals surface area contributed by atoms with Crippen molar-refractivity contribution in [1.29, 1.82) is 0 Å². The molecule has 2 N–H and O–H groups in total. The van der Waals surface area contributed by atoms with E-state index in [9.17, 15) is 18.8 Å². The number of rotatable bonds is 10. The zero-order valence-corrected chi connectivity index (χ0v) is 22.6. The van der Waals surface area contributed by atoms with Crippen LogP contribution < -0.4 is 15.4 Å². The van der Waals surface area contributed by atoms with Crippen molar-refractivity contribution >= 4 is 23.5 Å². The number of aryl methyl sites for hydroxylation is 1. The van der Waals surface area contributed by atoms with Crippen LogP contribution in [0, 0.1) is 12.7 Å². The van der Waals surface area contributed by atoms with Crippen LogP contribution in [0.1, 0.15) is 36.6 Å². The minimum Gasteiger partial charge on any atom is -0.491 e. The highest BCUT2D eigenvalue weighted by atomic mass is 19.1. The molecule has 1 fully saturated rings. The molecule has 0 saturated carbocycles. The number of methoxy groups -OCH3 is 1.